The predicted molar refractivity (Wildman–Crippen MR) is 80.1 cm³/mol. The Morgan fingerprint density at radius 3 is 2.23 bits per heavy atom. The Hall–Kier alpha value is -2.06. The van der Waals surface area contributed by atoms with Crippen molar-refractivity contribution in [1.29, 1.82) is 0 Å². The fourth-order valence-corrected chi connectivity index (χ4v) is 4.77. The summed E-state index contributed by atoms with van der Waals surface area (Å²) in [6.07, 6.45) is 0. The number of carbonyl (C=O) groups is 2. The summed E-state index contributed by atoms with van der Waals surface area (Å²) in [6, 6.07) is 8.73. The average Bonchev–Trinajstić information content (AvgIpc) is 2.55. The van der Waals surface area contributed by atoms with Gasteiger partial charge >= 0.3 is 20.7 Å². The van der Waals surface area contributed by atoms with Crippen molar-refractivity contribution in [1.82, 2.24) is 0 Å². The molecule has 1 heterocycles. The third-order valence-corrected chi connectivity index (χ3v) is 6.48. The fourth-order valence-electron chi connectivity index (χ4n) is 2.79. The van der Waals surface area contributed by atoms with Gasteiger partial charge < -0.3 is 18.0 Å². The Morgan fingerprint density at radius 1 is 0.909 bits per heavy atom. The van der Waals surface area contributed by atoms with Gasteiger partial charge in [-0.2, -0.15) is 0 Å². The second-order valence-electron chi connectivity index (χ2n) is 4.74. The molecule has 114 valence electrons. The Kier molecular flexibility index (Phi) is 3.57. The molecule has 0 N–H and O–H groups in total. The summed E-state index contributed by atoms with van der Waals surface area (Å²) in [5, 5.41) is 1.80. The van der Waals surface area contributed by atoms with Crippen LogP contribution in [0.5, 0.6) is 0 Å². The van der Waals surface area contributed by atoms with Crippen LogP contribution in [0.2, 0.25) is 0 Å². The van der Waals surface area contributed by atoms with Gasteiger partial charge in [-0.1, -0.05) is 24.3 Å². The number of esters is 2. The van der Waals surface area contributed by atoms with Gasteiger partial charge in [-0.15, -0.1) is 0 Å². The van der Waals surface area contributed by atoms with E-state index in [1.807, 2.05) is 12.1 Å². The number of carbonyl (C=O) groups excluding carboxylic acids is 2. The van der Waals surface area contributed by atoms with Gasteiger partial charge in [0.2, 0.25) is 0 Å². The molecular formula is C15H14O6Si. The molecule has 0 fully saturated rings. The van der Waals surface area contributed by atoms with Crippen LogP contribution in [-0.2, 0) is 18.0 Å². The highest BCUT2D eigenvalue weighted by molar-refractivity contribution is 6.76. The topological polar surface area (TPSA) is 71.1 Å². The van der Waals surface area contributed by atoms with Crippen LogP contribution < -0.4 is 5.19 Å². The minimum Gasteiger partial charge on any atom is -0.386 e. The van der Waals surface area contributed by atoms with E-state index in [1.165, 1.54) is 21.3 Å². The van der Waals surface area contributed by atoms with E-state index in [9.17, 15) is 9.59 Å². The lowest BCUT2D eigenvalue weighted by atomic mass is 9.97. The minimum absolute atomic E-state index is 0.268. The van der Waals surface area contributed by atoms with Crippen molar-refractivity contribution in [2.45, 2.75) is 0 Å². The summed E-state index contributed by atoms with van der Waals surface area (Å²) in [5.74, 6) is -1.37. The second kappa shape index (κ2) is 5.29. The summed E-state index contributed by atoms with van der Waals surface area (Å²) in [6.45, 7) is 0. The molecule has 0 amide bonds. The monoisotopic (exact) mass is 318 g/mol. The molecular weight excluding hydrogens is 304 g/mol. The van der Waals surface area contributed by atoms with E-state index in [4.69, 9.17) is 18.0 Å². The first-order chi connectivity index (χ1) is 10.6. The van der Waals surface area contributed by atoms with E-state index in [2.05, 4.69) is 0 Å². The fraction of sp³-hybridized carbons (Fsp3) is 0.200. The first kappa shape index (κ1) is 14.9. The molecule has 3 rings (SSSR count). The molecule has 7 heteroatoms. The van der Waals surface area contributed by atoms with Gasteiger partial charge in [-0.25, -0.2) is 9.59 Å². The molecule has 0 saturated carbocycles. The Bertz CT molecular complexity index is 773. The lowest BCUT2D eigenvalue weighted by Gasteiger charge is -2.28. The van der Waals surface area contributed by atoms with Crippen molar-refractivity contribution in [2.75, 3.05) is 21.3 Å². The van der Waals surface area contributed by atoms with Gasteiger partial charge in [-0.05, 0) is 11.5 Å². The highest BCUT2D eigenvalue weighted by Gasteiger charge is 2.46. The molecule has 0 atom stereocenters. The van der Waals surface area contributed by atoms with E-state index < -0.39 is 20.7 Å². The molecule has 1 aliphatic heterocycles. The summed E-state index contributed by atoms with van der Waals surface area (Å²) < 4.78 is 21.2. The largest absolute Gasteiger partial charge is 0.537 e. The van der Waals surface area contributed by atoms with Gasteiger partial charge in [0.05, 0.1) is 11.1 Å². The van der Waals surface area contributed by atoms with E-state index in [0.717, 1.165) is 5.39 Å². The molecule has 0 radical (unpaired) electrons. The minimum atomic E-state index is -3.24. The quantitative estimate of drug-likeness (QED) is 0.480. The van der Waals surface area contributed by atoms with Crippen molar-refractivity contribution >= 4 is 36.7 Å². The number of hydrogen-bond acceptors (Lipinski definition) is 6. The van der Waals surface area contributed by atoms with Gasteiger partial charge in [0.15, 0.2) is 0 Å². The molecule has 6 nitrogen and oxygen atoms in total. The van der Waals surface area contributed by atoms with Gasteiger partial charge in [0.25, 0.3) is 0 Å². The van der Waals surface area contributed by atoms with E-state index >= 15 is 0 Å². The zero-order valence-corrected chi connectivity index (χ0v) is 13.3. The Morgan fingerprint density at radius 2 is 1.59 bits per heavy atom. The van der Waals surface area contributed by atoms with Crippen LogP contribution in [0.3, 0.4) is 0 Å². The molecule has 2 aromatic carbocycles. The van der Waals surface area contributed by atoms with Crippen molar-refractivity contribution in [3.63, 3.8) is 0 Å². The number of hydrogen-bond donors (Lipinski definition) is 0. The highest BCUT2D eigenvalue weighted by atomic mass is 28.4. The average molecular weight is 318 g/mol. The predicted octanol–water partition coefficient (Wildman–Crippen LogP) is 1.24. The third kappa shape index (κ3) is 1.91. The van der Waals surface area contributed by atoms with Crippen LogP contribution in [0.15, 0.2) is 30.3 Å². The van der Waals surface area contributed by atoms with Gasteiger partial charge in [-0.3, -0.25) is 0 Å². The summed E-state index contributed by atoms with van der Waals surface area (Å²) in [5.41, 5.74) is 0.616. The number of cyclic esters (lactones) is 2. The van der Waals surface area contributed by atoms with Crippen molar-refractivity contribution < 1.29 is 27.6 Å². The normalized spacial score (nSPS) is 14.3. The lowest BCUT2D eigenvalue weighted by Crippen LogP contribution is -2.57. The van der Waals surface area contributed by atoms with Crippen molar-refractivity contribution in [2.24, 2.45) is 0 Å². The molecule has 22 heavy (non-hydrogen) atoms. The van der Waals surface area contributed by atoms with Crippen LogP contribution in [0, 0.1) is 0 Å². The lowest BCUT2D eigenvalue weighted by molar-refractivity contribution is 0.0390. The molecule has 0 aromatic heterocycles. The van der Waals surface area contributed by atoms with Crippen LogP contribution in [-0.4, -0.2) is 42.1 Å². The molecule has 0 spiro atoms. The first-order valence-electron chi connectivity index (χ1n) is 6.56. The second-order valence-corrected chi connectivity index (χ2v) is 7.61. The summed E-state index contributed by atoms with van der Waals surface area (Å²) in [4.78, 5) is 24.2. The van der Waals surface area contributed by atoms with Crippen LogP contribution in [0.25, 0.3) is 10.8 Å². The highest BCUT2D eigenvalue weighted by Crippen LogP contribution is 2.29. The maximum atomic E-state index is 12.3. The van der Waals surface area contributed by atoms with Crippen LogP contribution in [0.4, 0.5) is 0 Å². The number of benzene rings is 2. The number of ether oxygens (including phenoxy) is 1. The molecule has 1 aliphatic rings. The summed E-state index contributed by atoms with van der Waals surface area (Å²) in [7, 11) is 1.14. The van der Waals surface area contributed by atoms with Crippen molar-refractivity contribution in [3.05, 3.63) is 41.5 Å². The molecule has 0 bridgehead atoms. The van der Waals surface area contributed by atoms with E-state index in [0.29, 0.717) is 16.1 Å². The first-order valence-corrected chi connectivity index (χ1v) is 8.28. The SMILES string of the molecule is CO[Si](OC)(OC)c1ccc2cccc3c2c1C(=O)OC3=O. The zero-order valence-electron chi connectivity index (χ0n) is 12.3. The molecule has 0 saturated heterocycles. The Balaban J connectivity index is 2.43. The Labute approximate surface area is 127 Å². The van der Waals surface area contributed by atoms with Gasteiger partial charge in [0.1, 0.15) is 0 Å². The van der Waals surface area contributed by atoms with Gasteiger partial charge in [0, 0.05) is 31.9 Å². The van der Waals surface area contributed by atoms with Crippen molar-refractivity contribution in [3.8, 4) is 0 Å². The third-order valence-electron chi connectivity index (χ3n) is 3.79. The van der Waals surface area contributed by atoms with Crippen LogP contribution >= 0.6 is 0 Å². The molecule has 2 aromatic rings. The zero-order chi connectivity index (χ0) is 15.9. The van der Waals surface area contributed by atoms with Crippen LogP contribution in [0.1, 0.15) is 20.7 Å². The molecule has 0 unspecified atom stereocenters. The maximum absolute atomic E-state index is 12.3. The number of rotatable bonds is 4. The van der Waals surface area contributed by atoms with E-state index in [1.54, 1.807) is 18.2 Å². The maximum Gasteiger partial charge on any atom is 0.537 e. The molecule has 0 aliphatic carbocycles. The smallest absolute Gasteiger partial charge is 0.386 e. The summed E-state index contributed by atoms with van der Waals surface area (Å²) >= 11 is 0. The van der Waals surface area contributed by atoms with E-state index in [-0.39, 0.29) is 5.56 Å². The standard InChI is InChI=1S/C15H14O6Si/c1-18-22(19-2,20-3)11-8-7-9-5-4-6-10-12(9)13(11)15(17)21-14(10)16/h4-8H,1-3H3.